The molecule has 2 heteroatoms. The Balaban J connectivity index is 2.66. The van der Waals surface area contributed by atoms with Crippen LogP contribution in [0.3, 0.4) is 0 Å². The topological polar surface area (TPSA) is 12.0 Å². The van der Waals surface area contributed by atoms with Gasteiger partial charge in [0.15, 0.2) is 0 Å². The summed E-state index contributed by atoms with van der Waals surface area (Å²) in [4.78, 5) is 0. The highest BCUT2D eigenvalue weighted by Gasteiger charge is 2.09. The fourth-order valence-corrected chi connectivity index (χ4v) is 2.51. The molecule has 0 saturated carbocycles. The molecule has 1 rings (SSSR count). The summed E-state index contributed by atoms with van der Waals surface area (Å²) in [5.41, 5.74) is 3.77. The Hall–Kier alpha value is -1.83. The van der Waals surface area contributed by atoms with Crippen LogP contribution >= 0.6 is 0 Å². The van der Waals surface area contributed by atoms with E-state index in [9.17, 15) is 4.39 Å². The fourth-order valence-electron chi connectivity index (χ4n) is 2.51. The van der Waals surface area contributed by atoms with Gasteiger partial charge in [0.05, 0.1) is 6.67 Å². The summed E-state index contributed by atoms with van der Waals surface area (Å²) in [5, 5.41) is 3.52. The number of anilines is 1. The Labute approximate surface area is 141 Å². The van der Waals surface area contributed by atoms with Crippen molar-refractivity contribution in [2.75, 3.05) is 18.5 Å². The standard InChI is InChI=1S/C21H30FN/c1-4-6-11-18(3)17-23-21-14-8-7-13-20(21)16-19(5-2)12-9-10-15-22/h4-8,11,13-14,19,23H,2,9-10,12,15-17H2,1,3H3/b6-4-,18-11+. The Morgan fingerprint density at radius 3 is 2.78 bits per heavy atom. The zero-order valence-corrected chi connectivity index (χ0v) is 14.5. The minimum atomic E-state index is -0.222. The van der Waals surface area contributed by atoms with Gasteiger partial charge in [-0.1, -0.05) is 54.5 Å². The molecule has 1 atom stereocenters. The number of allylic oxidation sites excluding steroid dienone is 4. The van der Waals surface area contributed by atoms with Crippen molar-refractivity contribution in [3.8, 4) is 0 Å². The second-order valence-corrected chi connectivity index (χ2v) is 5.93. The van der Waals surface area contributed by atoms with Crippen LogP contribution < -0.4 is 5.32 Å². The van der Waals surface area contributed by atoms with E-state index in [1.54, 1.807) is 0 Å². The van der Waals surface area contributed by atoms with E-state index in [1.165, 1.54) is 16.8 Å². The van der Waals surface area contributed by atoms with Crippen LogP contribution in [0.25, 0.3) is 0 Å². The Bertz CT molecular complexity index is 516. The molecule has 0 saturated heterocycles. The van der Waals surface area contributed by atoms with Crippen LogP contribution in [0, 0.1) is 5.92 Å². The Morgan fingerprint density at radius 2 is 2.09 bits per heavy atom. The number of hydrogen-bond acceptors (Lipinski definition) is 1. The van der Waals surface area contributed by atoms with E-state index < -0.39 is 0 Å². The maximum atomic E-state index is 12.3. The van der Waals surface area contributed by atoms with Gasteiger partial charge < -0.3 is 5.32 Å². The molecular weight excluding hydrogens is 285 g/mol. The van der Waals surface area contributed by atoms with Crippen molar-refractivity contribution in [1.82, 2.24) is 0 Å². The molecule has 1 unspecified atom stereocenters. The summed E-state index contributed by atoms with van der Waals surface area (Å²) in [7, 11) is 0. The molecule has 0 heterocycles. The van der Waals surface area contributed by atoms with Crippen molar-refractivity contribution in [2.24, 2.45) is 5.92 Å². The number of alkyl halides is 1. The number of halogens is 1. The first kappa shape index (κ1) is 19.2. The third-order valence-corrected chi connectivity index (χ3v) is 3.92. The zero-order valence-electron chi connectivity index (χ0n) is 14.5. The highest BCUT2D eigenvalue weighted by molar-refractivity contribution is 5.52. The molecule has 126 valence electrons. The summed E-state index contributed by atoms with van der Waals surface area (Å²) in [6.45, 7) is 8.70. The maximum absolute atomic E-state index is 12.3. The molecule has 0 amide bonds. The zero-order chi connectivity index (χ0) is 16.9. The van der Waals surface area contributed by atoms with Crippen molar-refractivity contribution in [2.45, 2.75) is 39.5 Å². The molecule has 0 radical (unpaired) electrons. The van der Waals surface area contributed by atoms with Gasteiger partial charge in [0.2, 0.25) is 0 Å². The summed E-state index contributed by atoms with van der Waals surface area (Å²) in [5.74, 6) is 0.407. The van der Waals surface area contributed by atoms with Gasteiger partial charge in [0.1, 0.15) is 0 Å². The first-order chi connectivity index (χ1) is 11.2. The molecule has 0 aliphatic carbocycles. The van der Waals surface area contributed by atoms with Crippen LogP contribution in [0.1, 0.15) is 38.7 Å². The van der Waals surface area contributed by atoms with Gasteiger partial charge in [-0.05, 0) is 50.7 Å². The van der Waals surface area contributed by atoms with Gasteiger partial charge in [-0.15, -0.1) is 6.58 Å². The monoisotopic (exact) mass is 315 g/mol. The molecule has 23 heavy (non-hydrogen) atoms. The number of unbranched alkanes of at least 4 members (excludes halogenated alkanes) is 1. The number of nitrogens with one attached hydrogen (secondary N) is 1. The predicted molar refractivity (Wildman–Crippen MR) is 101 cm³/mol. The van der Waals surface area contributed by atoms with E-state index in [0.29, 0.717) is 12.3 Å². The van der Waals surface area contributed by atoms with Crippen LogP contribution in [-0.4, -0.2) is 13.2 Å². The van der Waals surface area contributed by atoms with E-state index in [1.807, 2.05) is 19.1 Å². The average molecular weight is 315 g/mol. The Kier molecular flexibility index (Phi) is 9.78. The van der Waals surface area contributed by atoms with Crippen molar-refractivity contribution in [1.29, 1.82) is 0 Å². The van der Waals surface area contributed by atoms with E-state index >= 15 is 0 Å². The fraction of sp³-hybridized carbons (Fsp3) is 0.429. The number of para-hydroxylation sites is 1. The van der Waals surface area contributed by atoms with E-state index in [-0.39, 0.29) is 6.67 Å². The normalized spacial score (nSPS) is 13.3. The molecule has 0 aliphatic heterocycles. The lowest BCUT2D eigenvalue weighted by Crippen LogP contribution is -2.08. The van der Waals surface area contributed by atoms with Gasteiger partial charge >= 0.3 is 0 Å². The van der Waals surface area contributed by atoms with Crippen LogP contribution in [0.15, 0.2) is 60.7 Å². The highest BCUT2D eigenvalue weighted by Crippen LogP contribution is 2.22. The van der Waals surface area contributed by atoms with Crippen molar-refractivity contribution in [3.63, 3.8) is 0 Å². The molecule has 1 nitrogen and oxygen atoms in total. The number of rotatable bonds is 11. The Morgan fingerprint density at radius 1 is 1.30 bits per heavy atom. The SMILES string of the molecule is C=CC(CCCCF)Cc1ccccc1NC/C(C)=C/C=C\C. The lowest BCUT2D eigenvalue weighted by molar-refractivity contribution is 0.438. The van der Waals surface area contributed by atoms with Crippen molar-refractivity contribution in [3.05, 3.63) is 66.3 Å². The van der Waals surface area contributed by atoms with Gasteiger partial charge in [0.25, 0.3) is 0 Å². The third-order valence-electron chi connectivity index (χ3n) is 3.92. The van der Waals surface area contributed by atoms with E-state index in [4.69, 9.17) is 0 Å². The van der Waals surface area contributed by atoms with Crippen LogP contribution in [0.4, 0.5) is 10.1 Å². The third kappa shape index (κ3) is 7.83. The van der Waals surface area contributed by atoms with Gasteiger partial charge in [-0.3, -0.25) is 4.39 Å². The predicted octanol–water partition coefficient (Wildman–Crippen LogP) is 6.11. The van der Waals surface area contributed by atoms with Gasteiger partial charge in [0, 0.05) is 12.2 Å². The maximum Gasteiger partial charge on any atom is 0.0894 e. The van der Waals surface area contributed by atoms with E-state index in [0.717, 1.165) is 25.8 Å². The van der Waals surface area contributed by atoms with Crippen LogP contribution in [-0.2, 0) is 6.42 Å². The second kappa shape index (κ2) is 11.7. The summed E-state index contributed by atoms with van der Waals surface area (Å²) in [6, 6.07) is 8.42. The van der Waals surface area contributed by atoms with Gasteiger partial charge in [-0.2, -0.15) is 0 Å². The molecule has 1 aromatic carbocycles. The lowest BCUT2D eigenvalue weighted by atomic mass is 9.93. The van der Waals surface area contributed by atoms with Crippen LogP contribution in [0.5, 0.6) is 0 Å². The molecular formula is C21H30FN. The lowest BCUT2D eigenvalue weighted by Gasteiger charge is -2.16. The first-order valence-electron chi connectivity index (χ1n) is 8.50. The van der Waals surface area contributed by atoms with E-state index in [2.05, 4.69) is 55.2 Å². The minimum Gasteiger partial charge on any atom is -0.381 e. The van der Waals surface area contributed by atoms with Crippen LogP contribution in [0.2, 0.25) is 0 Å². The summed E-state index contributed by atoms with van der Waals surface area (Å²) in [6.07, 6.45) is 11.8. The second-order valence-electron chi connectivity index (χ2n) is 5.93. The molecule has 0 spiro atoms. The molecule has 0 bridgehead atoms. The number of benzene rings is 1. The van der Waals surface area contributed by atoms with Gasteiger partial charge in [-0.25, -0.2) is 0 Å². The molecule has 1 N–H and O–H groups in total. The minimum absolute atomic E-state index is 0.222. The van der Waals surface area contributed by atoms with Crippen molar-refractivity contribution >= 4 is 5.69 Å². The number of hydrogen-bond donors (Lipinski definition) is 1. The average Bonchev–Trinajstić information content (AvgIpc) is 2.58. The quantitative estimate of drug-likeness (QED) is 0.295. The molecule has 0 aliphatic rings. The molecule has 1 aromatic rings. The first-order valence-corrected chi connectivity index (χ1v) is 8.50. The smallest absolute Gasteiger partial charge is 0.0894 e. The van der Waals surface area contributed by atoms with Crippen molar-refractivity contribution < 1.29 is 4.39 Å². The highest BCUT2D eigenvalue weighted by atomic mass is 19.1. The summed E-state index contributed by atoms with van der Waals surface area (Å²) >= 11 is 0. The molecule has 0 fully saturated rings. The summed E-state index contributed by atoms with van der Waals surface area (Å²) < 4.78 is 12.3. The largest absolute Gasteiger partial charge is 0.381 e. The molecule has 0 aromatic heterocycles.